The molecule has 0 unspecified atom stereocenters. The van der Waals surface area contributed by atoms with Crippen LogP contribution in [0.3, 0.4) is 0 Å². The van der Waals surface area contributed by atoms with Crippen LogP contribution in [-0.2, 0) is 0 Å². The van der Waals surface area contributed by atoms with Crippen LogP contribution in [-0.4, -0.2) is 61.6 Å². The van der Waals surface area contributed by atoms with Crippen molar-refractivity contribution in [2.45, 2.75) is 46.0 Å². The van der Waals surface area contributed by atoms with Crippen LogP contribution in [0.2, 0.25) is 0 Å². The zero-order valence-electron chi connectivity index (χ0n) is 18.6. The predicted octanol–water partition coefficient (Wildman–Crippen LogP) is 4.69. The van der Waals surface area contributed by atoms with Crippen molar-refractivity contribution >= 4 is 5.91 Å². The molecule has 1 heterocycles. The minimum Gasteiger partial charge on any atom is -0.490 e. The van der Waals surface area contributed by atoms with Crippen molar-refractivity contribution in [3.8, 4) is 11.5 Å². The quantitative estimate of drug-likeness (QED) is 0.523. The van der Waals surface area contributed by atoms with E-state index in [1.54, 1.807) is 0 Å². The number of ether oxygens (including phenoxy) is 2. The zero-order valence-corrected chi connectivity index (χ0v) is 18.6. The minimum absolute atomic E-state index is 0.0784. The topological polar surface area (TPSA) is 42.0 Å². The van der Waals surface area contributed by atoms with Gasteiger partial charge in [0.15, 0.2) is 11.5 Å². The molecule has 30 heavy (non-hydrogen) atoms. The van der Waals surface area contributed by atoms with Gasteiger partial charge in [-0.25, -0.2) is 0 Å². The smallest absolute Gasteiger partial charge is 0.254 e. The molecule has 164 valence electrons. The monoisotopic (exact) mass is 412 g/mol. The molecule has 0 spiro atoms. The molecule has 0 radical (unpaired) electrons. The third-order valence-electron chi connectivity index (χ3n) is 5.71. The number of piperazine rings is 1. The lowest BCUT2D eigenvalue weighted by Gasteiger charge is -2.35. The van der Waals surface area contributed by atoms with E-state index in [4.69, 9.17) is 9.47 Å². The molecular formula is C25H36N2O3. The van der Waals surface area contributed by atoms with Gasteiger partial charge >= 0.3 is 0 Å². The van der Waals surface area contributed by atoms with Gasteiger partial charge in [-0.2, -0.15) is 0 Å². The molecule has 1 saturated heterocycles. The Morgan fingerprint density at radius 2 is 1.73 bits per heavy atom. The van der Waals surface area contributed by atoms with E-state index in [9.17, 15) is 4.79 Å². The highest BCUT2D eigenvalue weighted by Gasteiger charge is 2.23. The van der Waals surface area contributed by atoms with E-state index in [-0.39, 0.29) is 5.91 Å². The third-order valence-corrected chi connectivity index (χ3v) is 5.71. The normalized spacial score (nSPS) is 17.0. The molecule has 0 atom stereocenters. The van der Waals surface area contributed by atoms with Crippen LogP contribution < -0.4 is 9.47 Å². The average molecular weight is 413 g/mol. The van der Waals surface area contributed by atoms with Crippen LogP contribution in [0.1, 0.15) is 56.3 Å². The van der Waals surface area contributed by atoms with Gasteiger partial charge in [0.2, 0.25) is 0 Å². The molecular weight excluding hydrogens is 376 g/mol. The number of benzene rings is 1. The molecule has 0 aromatic heterocycles. The summed E-state index contributed by atoms with van der Waals surface area (Å²) in [6.45, 7) is 9.58. The van der Waals surface area contributed by atoms with Crippen LogP contribution in [0.5, 0.6) is 11.5 Å². The Bertz CT molecular complexity index is 749. The molecule has 0 bridgehead atoms. The summed E-state index contributed by atoms with van der Waals surface area (Å²) in [5.41, 5.74) is 2.17. The van der Waals surface area contributed by atoms with Crippen molar-refractivity contribution in [2.24, 2.45) is 0 Å². The number of unbranched alkanes of at least 4 members (excludes halogenated alkanes) is 1. The van der Waals surface area contributed by atoms with Gasteiger partial charge in [-0.15, -0.1) is 0 Å². The van der Waals surface area contributed by atoms with Gasteiger partial charge in [-0.1, -0.05) is 23.8 Å². The van der Waals surface area contributed by atoms with Gasteiger partial charge < -0.3 is 14.4 Å². The number of hydrogen-bond donors (Lipinski definition) is 0. The van der Waals surface area contributed by atoms with Crippen molar-refractivity contribution in [1.82, 2.24) is 9.80 Å². The Kier molecular flexibility index (Phi) is 8.81. The van der Waals surface area contributed by atoms with E-state index in [1.807, 2.05) is 36.9 Å². The van der Waals surface area contributed by atoms with E-state index < -0.39 is 0 Å². The highest BCUT2D eigenvalue weighted by molar-refractivity contribution is 5.95. The summed E-state index contributed by atoms with van der Waals surface area (Å²) in [6, 6.07) is 5.50. The summed E-state index contributed by atoms with van der Waals surface area (Å²) in [6.07, 6.45) is 13.0. The molecule has 1 aromatic rings. The van der Waals surface area contributed by atoms with Crippen molar-refractivity contribution < 1.29 is 14.3 Å². The van der Waals surface area contributed by atoms with Crippen LogP contribution >= 0.6 is 0 Å². The molecule has 1 aliphatic heterocycles. The molecule has 2 aliphatic rings. The Labute approximate surface area is 181 Å². The second-order valence-corrected chi connectivity index (χ2v) is 7.88. The lowest BCUT2D eigenvalue weighted by atomic mass is 10.0. The zero-order chi connectivity index (χ0) is 21.2. The first-order valence-electron chi connectivity index (χ1n) is 11.5. The number of amides is 1. The average Bonchev–Trinajstić information content (AvgIpc) is 2.79. The van der Waals surface area contributed by atoms with Crippen molar-refractivity contribution in [3.05, 3.63) is 47.6 Å². The van der Waals surface area contributed by atoms with Gasteiger partial charge in [0, 0.05) is 31.7 Å². The number of allylic oxidation sites excluding steroid dienone is 4. The fraction of sp³-hybridized carbons (Fsp3) is 0.560. The first-order valence-corrected chi connectivity index (χ1v) is 11.5. The highest BCUT2D eigenvalue weighted by atomic mass is 16.5. The SMILES string of the molecule is CCOc1ccc(C(=O)N2CCN(CCCCC3=CCCC=C3)CC2)cc1OCC. The maximum atomic E-state index is 13.0. The molecule has 5 heteroatoms. The second-order valence-electron chi connectivity index (χ2n) is 7.88. The summed E-state index contributed by atoms with van der Waals surface area (Å²) >= 11 is 0. The molecule has 5 nitrogen and oxygen atoms in total. The predicted molar refractivity (Wildman–Crippen MR) is 121 cm³/mol. The van der Waals surface area contributed by atoms with E-state index in [1.165, 1.54) is 37.7 Å². The van der Waals surface area contributed by atoms with Gasteiger partial charge in [0.1, 0.15) is 0 Å². The van der Waals surface area contributed by atoms with E-state index in [0.717, 1.165) is 32.7 Å². The van der Waals surface area contributed by atoms with E-state index >= 15 is 0 Å². The fourth-order valence-electron chi connectivity index (χ4n) is 4.06. The van der Waals surface area contributed by atoms with Crippen molar-refractivity contribution in [1.29, 1.82) is 0 Å². The van der Waals surface area contributed by atoms with Crippen LogP contribution in [0.15, 0.2) is 42.0 Å². The maximum absolute atomic E-state index is 13.0. The Balaban J connectivity index is 1.44. The third kappa shape index (κ3) is 6.36. The largest absolute Gasteiger partial charge is 0.490 e. The number of hydrogen-bond acceptors (Lipinski definition) is 4. The number of rotatable bonds is 10. The molecule has 1 aliphatic carbocycles. The molecule has 3 rings (SSSR count). The molecule has 0 N–H and O–H groups in total. The minimum atomic E-state index is 0.0784. The summed E-state index contributed by atoms with van der Waals surface area (Å²) in [5.74, 6) is 1.42. The van der Waals surface area contributed by atoms with E-state index in [2.05, 4.69) is 23.1 Å². The molecule has 0 saturated carbocycles. The van der Waals surface area contributed by atoms with Gasteiger partial charge in [0.25, 0.3) is 5.91 Å². The summed E-state index contributed by atoms with van der Waals surface area (Å²) in [7, 11) is 0. The first kappa shape index (κ1) is 22.4. The van der Waals surface area contributed by atoms with Crippen molar-refractivity contribution in [2.75, 3.05) is 45.9 Å². The summed E-state index contributed by atoms with van der Waals surface area (Å²) < 4.78 is 11.3. The number of carbonyl (C=O) groups excluding carboxylic acids is 1. The molecule has 1 amide bonds. The molecule has 1 fully saturated rings. The highest BCUT2D eigenvalue weighted by Crippen LogP contribution is 2.29. The second kappa shape index (κ2) is 11.8. The number of carbonyl (C=O) groups is 1. The van der Waals surface area contributed by atoms with E-state index in [0.29, 0.717) is 30.3 Å². The first-order chi connectivity index (χ1) is 14.7. The van der Waals surface area contributed by atoms with Gasteiger partial charge in [-0.05, 0) is 70.7 Å². The van der Waals surface area contributed by atoms with Crippen LogP contribution in [0.25, 0.3) is 0 Å². The van der Waals surface area contributed by atoms with Gasteiger partial charge in [-0.3, -0.25) is 9.69 Å². The summed E-state index contributed by atoms with van der Waals surface area (Å²) in [5, 5.41) is 0. The van der Waals surface area contributed by atoms with Gasteiger partial charge in [0.05, 0.1) is 13.2 Å². The lowest BCUT2D eigenvalue weighted by molar-refractivity contribution is 0.0635. The molecule has 1 aromatic carbocycles. The summed E-state index contributed by atoms with van der Waals surface area (Å²) in [4.78, 5) is 17.4. The maximum Gasteiger partial charge on any atom is 0.254 e. The standard InChI is InChI=1S/C25H36N2O3/c1-3-29-23-14-13-22(20-24(23)30-4-2)25(28)27-18-16-26(17-19-27)15-9-8-12-21-10-6-5-7-11-21/h6,10-11,13-14,20H,3-5,7-9,12,15-19H2,1-2H3. The van der Waals surface area contributed by atoms with Crippen molar-refractivity contribution in [3.63, 3.8) is 0 Å². The Morgan fingerprint density at radius 3 is 2.43 bits per heavy atom. The number of nitrogens with zero attached hydrogens (tertiary/aromatic N) is 2. The Hall–Kier alpha value is -2.27. The Morgan fingerprint density at radius 1 is 0.967 bits per heavy atom. The van der Waals surface area contributed by atoms with Crippen LogP contribution in [0.4, 0.5) is 0 Å². The fourth-order valence-corrected chi connectivity index (χ4v) is 4.06. The van der Waals surface area contributed by atoms with Crippen LogP contribution in [0, 0.1) is 0 Å². The lowest BCUT2D eigenvalue weighted by Crippen LogP contribution is -2.48.